The molecule has 1 aromatic carbocycles. The minimum absolute atomic E-state index is 0.290. The van der Waals surface area contributed by atoms with Gasteiger partial charge in [-0.2, -0.15) is 5.10 Å². The minimum Gasteiger partial charge on any atom is -0.467 e. The van der Waals surface area contributed by atoms with Crippen molar-refractivity contribution in [3.8, 4) is 11.1 Å². The standard InChI is InChI=1S/C16H12BrN3O3S/c1-23-16(22)9-7-24-15-10(8-5-3-2-4-6-8)11-12(14(21)20(9)15)18-19-13(11)17/h2-6,9H,7H2,1H3,(H,18,19)/t9-/m0/s1. The van der Waals surface area contributed by atoms with E-state index in [4.69, 9.17) is 4.74 Å². The van der Waals surface area contributed by atoms with Crippen molar-refractivity contribution in [3.05, 3.63) is 45.3 Å². The Morgan fingerprint density at radius 2 is 2.17 bits per heavy atom. The van der Waals surface area contributed by atoms with Gasteiger partial charge in [0.05, 0.1) is 17.5 Å². The van der Waals surface area contributed by atoms with Crippen molar-refractivity contribution in [1.82, 2.24) is 14.8 Å². The van der Waals surface area contributed by atoms with Crippen LogP contribution >= 0.6 is 27.7 Å². The SMILES string of the molecule is COC(=O)[C@@H]1CSc2c(-c3ccccc3)c3c(Br)[nH]nc3c(=O)n21. The monoisotopic (exact) mass is 405 g/mol. The van der Waals surface area contributed by atoms with Gasteiger partial charge < -0.3 is 4.74 Å². The fourth-order valence-corrected chi connectivity index (χ4v) is 4.77. The number of nitrogens with one attached hydrogen (secondary N) is 1. The van der Waals surface area contributed by atoms with Crippen LogP contribution in [0.15, 0.2) is 44.8 Å². The first-order valence-corrected chi connectivity index (χ1v) is 8.99. The Morgan fingerprint density at radius 1 is 1.42 bits per heavy atom. The maximum Gasteiger partial charge on any atom is 0.329 e. The second-order valence-electron chi connectivity index (χ2n) is 5.33. The van der Waals surface area contributed by atoms with Crippen LogP contribution in [0.1, 0.15) is 6.04 Å². The topological polar surface area (TPSA) is 77.0 Å². The summed E-state index contributed by atoms with van der Waals surface area (Å²) in [4.78, 5) is 25.0. The predicted octanol–water partition coefficient (Wildman–Crippen LogP) is 2.97. The lowest BCUT2D eigenvalue weighted by Gasteiger charge is -2.14. The molecule has 24 heavy (non-hydrogen) atoms. The van der Waals surface area contributed by atoms with Gasteiger partial charge in [0.2, 0.25) is 0 Å². The average Bonchev–Trinajstić information content (AvgIpc) is 3.21. The number of thioether (sulfide) groups is 1. The highest BCUT2D eigenvalue weighted by Crippen LogP contribution is 2.43. The van der Waals surface area contributed by atoms with Crippen LogP contribution in [0.25, 0.3) is 22.0 Å². The Kier molecular flexibility index (Phi) is 3.73. The van der Waals surface area contributed by atoms with Crippen molar-refractivity contribution in [2.45, 2.75) is 11.1 Å². The number of rotatable bonds is 2. The highest BCUT2D eigenvalue weighted by Gasteiger charge is 2.35. The lowest BCUT2D eigenvalue weighted by atomic mass is 10.0. The number of aromatic nitrogens is 3. The fraction of sp³-hybridized carbons (Fsp3) is 0.188. The second kappa shape index (κ2) is 5.78. The lowest BCUT2D eigenvalue weighted by Crippen LogP contribution is -2.30. The third-order valence-electron chi connectivity index (χ3n) is 4.05. The van der Waals surface area contributed by atoms with Crippen LogP contribution < -0.4 is 5.56 Å². The third kappa shape index (κ3) is 2.13. The number of halogens is 1. The van der Waals surface area contributed by atoms with Crippen LogP contribution in [0.5, 0.6) is 0 Å². The summed E-state index contributed by atoms with van der Waals surface area (Å²) >= 11 is 4.93. The van der Waals surface area contributed by atoms with E-state index in [9.17, 15) is 9.59 Å². The van der Waals surface area contributed by atoms with Crippen LogP contribution in [0.3, 0.4) is 0 Å². The first-order valence-electron chi connectivity index (χ1n) is 7.21. The summed E-state index contributed by atoms with van der Waals surface area (Å²) in [6.45, 7) is 0. The van der Waals surface area contributed by atoms with Crippen LogP contribution in [0.2, 0.25) is 0 Å². The molecule has 3 aromatic rings. The number of nitrogens with zero attached hydrogens (tertiary/aromatic N) is 2. The quantitative estimate of drug-likeness (QED) is 0.663. The first kappa shape index (κ1) is 15.5. The first-order chi connectivity index (χ1) is 11.6. The van der Waals surface area contributed by atoms with Crippen molar-refractivity contribution >= 4 is 44.6 Å². The zero-order chi connectivity index (χ0) is 16.8. The van der Waals surface area contributed by atoms with Crippen molar-refractivity contribution in [2.75, 3.05) is 12.9 Å². The number of aromatic amines is 1. The molecule has 0 saturated carbocycles. The van der Waals surface area contributed by atoms with Gasteiger partial charge in [0.1, 0.15) is 10.6 Å². The van der Waals surface area contributed by atoms with E-state index in [1.54, 1.807) is 0 Å². The number of carbonyl (C=O) groups excluding carboxylic acids is 1. The fourth-order valence-electron chi connectivity index (χ4n) is 2.98. The highest BCUT2D eigenvalue weighted by atomic mass is 79.9. The second-order valence-corrected chi connectivity index (χ2v) is 7.13. The van der Waals surface area contributed by atoms with E-state index in [0.717, 1.165) is 21.5 Å². The molecule has 122 valence electrons. The van der Waals surface area contributed by atoms with Crippen LogP contribution in [0.4, 0.5) is 0 Å². The van der Waals surface area contributed by atoms with Gasteiger partial charge in [0.25, 0.3) is 5.56 Å². The minimum atomic E-state index is -0.634. The van der Waals surface area contributed by atoms with E-state index in [0.29, 0.717) is 15.9 Å². The van der Waals surface area contributed by atoms with Gasteiger partial charge in [-0.15, -0.1) is 11.8 Å². The molecule has 1 aliphatic rings. The van der Waals surface area contributed by atoms with Gasteiger partial charge in [-0.05, 0) is 21.5 Å². The number of methoxy groups -OCH3 is 1. The van der Waals surface area contributed by atoms with E-state index >= 15 is 0 Å². The van der Waals surface area contributed by atoms with Gasteiger partial charge in [-0.3, -0.25) is 14.5 Å². The highest BCUT2D eigenvalue weighted by molar-refractivity contribution is 9.10. The summed E-state index contributed by atoms with van der Waals surface area (Å²) in [5.41, 5.74) is 1.87. The summed E-state index contributed by atoms with van der Waals surface area (Å²) < 4.78 is 7.02. The summed E-state index contributed by atoms with van der Waals surface area (Å²) in [6.07, 6.45) is 0. The number of H-pyrrole nitrogens is 1. The number of hydrogen-bond donors (Lipinski definition) is 1. The third-order valence-corrected chi connectivity index (χ3v) is 5.78. The molecular weight excluding hydrogens is 394 g/mol. The molecule has 0 saturated heterocycles. The zero-order valence-corrected chi connectivity index (χ0v) is 15.0. The maximum absolute atomic E-state index is 12.9. The number of hydrogen-bond acceptors (Lipinski definition) is 5. The molecule has 0 bridgehead atoms. The molecule has 2 aromatic heterocycles. The number of esters is 1. The number of fused-ring (bicyclic) bond motifs is 2. The number of ether oxygens (including phenoxy) is 1. The van der Waals surface area contributed by atoms with E-state index in [2.05, 4.69) is 26.1 Å². The van der Waals surface area contributed by atoms with Gasteiger partial charge in [0, 0.05) is 11.3 Å². The van der Waals surface area contributed by atoms with Crippen molar-refractivity contribution in [3.63, 3.8) is 0 Å². The molecule has 8 heteroatoms. The molecule has 0 unspecified atom stereocenters. The molecule has 4 rings (SSSR count). The van der Waals surface area contributed by atoms with E-state index < -0.39 is 12.0 Å². The average molecular weight is 406 g/mol. The normalized spacial score (nSPS) is 16.3. The molecule has 0 spiro atoms. The Bertz CT molecular complexity index is 1010. The van der Waals surface area contributed by atoms with Crippen LogP contribution in [-0.2, 0) is 9.53 Å². The molecular formula is C16H12BrN3O3S. The van der Waals surface area contributed by atoms with Gasteiger partial charge >= 0.3 is 5.97 Å². The summed E-state index contributed by atoms with van der Waals surface area (Å²) in [6, 6.07) is 9.13. The molecule has 6 nitrogen and oxygen atoms in total. The predicted molar refractivity (Wildman–Crippen MR) is 95.3 cm³/mol. The molecule has 1 N–H and O–H groups in total. The number of benzene rings is 1. The molecule has 1 atom stereocenters. The van der Waals surface area contributed by atoms with Gasteiger partial charge in [0.15, 0.2) is 5.52 Å². The molecule has 1 aliphatic heterocycles. The molecule has 0 amide bonds. The number of pyridine rings is 1. The summed E-state index contributed by atoms with van der Waals surface area (Å²) in [5, 5.41) is 8.44. The van der Waals surface area contributed by atoms with Crippen LogP contribution in [0, 0.1) is 0 Å². The largest absolute Gasteiger partial charge is 0.467 e. The lowest BCUT2D eigenvalue weighted by molar-refractivity contribution is -0.143. The Morgan fingerprint density at radius 3 is 2.88 bits per heavy atom. The van der Waals surface area contributed by atoms with Crippen LogP contribution in [-0.4, -0.2) is 33.6 Å². The van der Waals surface area contributed by atoms with Crippen molar-refractivity contribution < 1.29 is 9.53 Å². The molecule has 0 radical (unpaired) electrons. The zero-order valence-electron chi connectivity index (χ0n) is 12.6. The van der Waals surface area contributed by atoms with E-state index in [1.807, 2.05) is 30.3 Å². The van der Waals surface area contributed by atoms with Crippen molar-refractivity contribution in [1.29, 1.82) is 0 Å². The summed E-state index contributed by atoms with van der Waals surface area (Å²) in [7, 11) is 1.33. The van der Waals surface area contributed by atoms with E-state index in [1.165, 1.54) is 23.4 Å². The number of carbonyl (C=O) groups is 1. The molecule has 3 heterocycles. The molecule has 0 fully saturated rings. The summed E-state index contributed by atoms with van der Waals surface area (Å²) in [5.74, 6) is 0.0479. The Balaban J connectivity index is 2.12. The Hall–Kier alpha value is -2.06. The maximum atomic E-state index is 12.9. The molecule has 0 aliphatic carbocycles. The van der Waals surface area contributed by atoms with Crippen molar-refractivity contribution in [2.24, 2.45) is 0 Å². The smallest absolute Gasteiger partial charge is 0.329 e. The Labute approximate surface area is 149 Å². The van der Waals surface area contributed by atoms with E-state index in [-0.39, 0.29) is 5.56 Å². The van der Waals surface area contributed by atoms with Gasteiger partial charge in [-0.25, -0.2) is 4.79 Å². The van der Waals surface area contributed by atoms with Gasteiger partial charge in [-0.1, -0.05) is 30.3 Å².